The minimum atomic E-state index is -3.79. The summed E-state index contributed by atoms with van der Waals surface area (Å²) in [7, 11) is -3.79. The fourth-order valence-corrected chi connectivity index (χ4v) is 4.97. The minimum Gasteiger partial charge on any atom is -0.256 e. The van der Waals surface area contributed by atoms with Crippen molar-refractivity contribution in [3.05, 3.63) is 84.0 Å². The topological polar surface area (TPSA) is 52.0 Å². The van der Waals surface area contributed by atoms with Crippen LogP contribution in [0.2, 0.25) is 0 Å². The smallest absolute Gasteiger partial charge is 0.256 e. The van der Waals surface area contributed by atoms with Crippen LogP contribution < -0.4 is 10.6 Å². The molecule has 4 nitrogen and oxygen atoms in total. The van der Waals surface area contributed by atoms with E-state index in [-0.39, 0.29) is 4.90 Å². The molecular weight excluding hydrogens is 356 g/mol. The first-order valence-corrected chi connectivity index (χ1v) is 10.0. The lowest BCUT2D eigenvalue weighted by atomic mass is 10.2. The molecule has 0 N–H and O–H groups in total. The van der Waals surface area contributed by atoms with Crippen LogP contribution in [-0.2, 0) is 10.0 Å². The van der Waals surface area contributed by atoms with Gasteiger partial charge < -0.3 is 0 Å². The van der Waals surface area contributed by atoms with Crippen LogP contribution in [0.4, 0.5) is 0 Å². The Morgan fingerprint density at radius 2 is 1.70 bits per heavy atom. The van der Waals surface area contributed by atoms with Crippen molar-refractivity contribution in [1.82, 2.24) is 8.96 Å². The zero-order valence-corrected chi connectivity index (χ0v) is 15.6. The highest BCUT2D eigenvalue weighted by Crippen LogP contribution is 2.29. The number of hydrogen-bond donors (Lipinski definition) is 0. The number of rotatable bonds is 3. The summed E-state index contributed by atoms with van der Waals surface area (Å²) < 4.78 is 28.6. The molecule has 0 saturated carbocycles. The molecular formula is C22H18N2O2S. The molecule has 0 aliphatic rings. The molecule has 0 fully saturated rings. The number of nitrogens with zero attached hydrogens (tertiary/aromatic N) is 2. The summed E-state index contributed by atoms with van der Waals surface area (Å²) in [6.07, 6.45) is 7.07. The number of aromatic nitrogens is 2. The summed E-state index contributed by atoms with van der Waals surface area (Å²) in [5, 5.41) is 3.10. The Labute approximate surface area is 157 Å². The highest BCUT2D eigenvalue weighted by molar-refractivity contribution is 7.90. The van der Waals surface area contributed by atoms with Gasteiger partial charge in [0, 0.05) is 22.2 Å². The van der Waals surface area contributed by atoms with Crippen molar-refractivity contribution in [2.75, 3.05) is 0 Å². The molecule has 5 heteroatoms. The van der Waals surface area contributed by atoms with E-state index in [0.29, 0.717) is 11.0 Å². The quantitative estimate of drug-likeness (QED) is 0.553. The molecule has 134 valence electrons. The summed E-state index contributed by atoms with van der Waals surface area (Å²) >= 11 is 0. The second-order valence-electron chi connectivity index (χ2n) is 6.11. The largest absolute Gasteiger partial charge is 0.268 e. The molecule has 0 saturated heterocycles. The van der Waals surface area contributed by atoms with Crippen molar-refractivity contribution in [3.8, 4) is 0 Å². The maximum atomic E-state index is 13.6. The lowest BCUT2D eigenvalue weighted by Gasteiger charge is -2.09. The first-order valence-electron chi connectivity index (χ1n) is 8.57. The summed E-state index contributed by atoms with van der Waals surface area (Å²) in [5.74, 6) is 0. The van der Waals surface area contributed by atoms with Gasteiger partial charge in [-0.25, -0.2) is 12.4 Å². The molecule has 2 aromatic heterocycles. The summed E-state index contributed by atoms with van der Waals surface area (Å²) in [5.41, 5.74) is 1.24. The molecule has 2 heterocycles. The van der Waals surface area contributed by atoms with Gasteiger partial charge in [-0.1, -0.05) is 61.2 Å². The molecule has 0 aliphatic heterocycles. The van der Waals surface area contributed by atoms with E-state index in [9.17, 15) is 8.42 Å². The van der Waals surface area contributed by atoms with Crippen LogP contribution in [0.1, 0.15) is 6.92 Å². The molecule has 4 rings (SSSR count). The predicted octanol–water partition coefficient (Wildman–Crippen LogP) is 3.19. The van der Waals surface area contributed by atoms with Gasteiger partial charge in [0.25, 0.3) is 10.0 Å². The predicted molar refractivity (Wildman–Crippen MR) is 110 cm³/mol. The Morgan fingerprint density at radius 1 is 1.00 bits per heavy atom. The molecule has 0 amide bonds. The Kier molecular flexibility index (Phi) is 4.16. The van der Waals surface area contributed by atoms with Crippen molar-refractivity contribution >= 4 is 44.0 Å². The number of pyridine rings is 1. The van der Waals surface area contributed by atoms with Crippen molar-refractivity contribution in [2.24, 2.45) is 0 Å². The van der Waals surface area contributed by atoms with Crippen LogP contribution >= 0.6 is 0 Å². The van der Waals surface area contributed by atoms with E-state index in [1.54, 1.807) is 48.7 Å². The lowest BCUT2D eigenvalue weighted by Crippen LogP contribution is -2.30. The molecule has 0 spiro atoms. The van der Waals surface area contributed by atoms with Crippen molar-refractivity contribution < 1.29 is 8.42 Å². The first-order chi connectivity index (χ1) is 13.1. The molecule has 0 bridgehead atoms. The third kappa shape index (κ3) is 2.59. The van der Waals surface area contributed by atoms with Crippen LogP contribution in [-0.4, -0.2) is 17.4 Å². The van der Waals surface area contributed by atoms with E-state index in [4.69, 9.17) is 0 Å². The number of hydrogen-bond acceptors (Lipinski definition) is 3. The SMILES string of the molecule is C=C/C=c1\c(=C/C)ncc2c3ccccc3n(S(=O)(=O)c3ccccc3)c12. The number of para-hydroxylation sites is 1. The van der Waals surface area contributed by atoms with Crippen molar-refractivity contribution in [2.45, 2.75) is 11.8 Å². The normalized spacial score (nSPS) is 13.5. The molecule has 0 atom stereocenters. The minimum absolute atomic E-state index is 0.246. The van der Waals surface area contributed by atoms with E-state index in [1.165, 1.54) is 3.97 Å². The van der Waals surface area contributed by atoms with Crippen LogP contribution in [0.5, 0.6) is 0 Å². The van der Waals surface area contributed by atoms with Gasteiger partial charge in [-0.05, 0) is 25.1 Å². The Bertz CT molecular complexity index is 1400. The third-order valence-electron chi connectivity index (χ3n) is 4.57. The average Bonchev–Trinajstić information content (AvgIpc) is 3.05. The zero-order valence-electron chi connectivity index (χ0n) is 14.8. The monoisotopic (exact) mass is 374 g/mol. The Hall–Kier alpha value is -3.18. The van der Waals surface area contributed by atoms with Crippen LogP contribution in [0, 0.1) is 0 Å². The van der Waals surface area contributed by atoms with Gasteiger partial charge >= 0.3 is 0 Å². The van der Waals surface area contributed by atoms with Crippen LogP contribution in [0.25, 0.3) is 34.0 Å². The van der Waals surface area contributed by atoms with Gasteiger partial charge in [0.1, 0.15) is 0 Å². The summed E-state index contributed by atoms with van der Waals surface area (Å²) in [6, 6.07) is 16.0. The zero-order chi connectivity index (χ0) is 19.0. The van der Waals surface area contributed by atoms with E-state index >= 15 is 0 Å². The second kappa shape index (κ2) is 6.52. The van der Waals surface area contributed by atoms with Gasteiger partial charge in [-0.15, -0.1) is 0 Å². The van der Waals surface area contributed by atoms with Crippen LogP contribution in [0.15, 0.2) is 78.3 Å². The lowest BCUT2D eigenvalue weighted by molar-refractivity contribution is 0.590. The fourth-order valence-electron chi connectivity index (χ4n) is 3.41. The molecule has 0 unspecified atom stereocenters. The molecule has 0 aliphatic carbocycles. The second-order valence-corrected chi connectivity index (χ2v) is 7.90. The highest BCUT2D eigenvalue weighted by atomic mass is 32.2. The standard InChI is InChI=1S/C22H18N2O2S/c1-3-10-18-20(4-2)23-15-19-17-13-8-9-14-21(17)24(22(18)19)27(25,26)16-11-6-5-7-12-16/h3-15H,1H2,2H3/b18-10+,20-4+. The van der Waals surface area contributed by atoms with Gasteiger partial charge in [-0.3, -0.25) is 4.98 Å². The molecule has 2 aromatic carbocycles. The van der Waals surface area contributed by atoms with E-state index < -0.39 is 10.0 Å². The van der Waals surface area contributed by atoms with Crippen molar-refractivity contribution in [3.63, 3.8) is 0 Å². The van der Waals surface area contributed by atoms with Gasteiger partial charge in [0.05, 0.1) is 21.3 Å². The summed E-state index contributed by atoms with van der Waals surface area (Å²) in [4.78, 5) is 4.77. The highest BCUT2D eigenvalue weighted by Gasteiger charge is 2.23. The maximum Gasteiger partial charge on any atom is 0.268 e. The fraction of sp³-hybridized carbons (Fsp3) is 0.0455. The number of fused-ring (bicyclic) bond motifs is 3. The maximum absolute atomic E-state index is 13.6. The Balaban J connectivity index is 2.33. The van der Waals surface area contributed by atoms with Crippen LogP contribution in [0.3, 0.4) is 0 Å². The first kappa shape index (κ1) is 17.2. The van der Waals surface area contributed by atoms with Gasteiger partial charge in [0.2, 0.25) is 0 Å². The van der Waals surface area contributed by atoms with Crippen molar-refractivity contribution in [1.29, 1.82) is 0 Å². The average molecular weight is 374 g/mol. The summed E-state index contributed by atoms with van der Waals surface area (Å²) in [6.45, 7) is 5.67. The third-order valence-corrected chi connectivity index (χ3v) is 6.30. The van der Waals surface area contributed by atoms with Gasteiger partial charge in [-0.2, -0.15) is 0 Å². The molecule has 0 radical (unpaired) electrons. The number of benzene rings is 2. The van der Waals surface area contributed by atoms with E-state index in [0.717, 1.165) is 21.3 Å². The Morgan fingerprint density at radius 3 is 2.41 bits per heavy atom. The molecule has 4 aromatic rings. The van der Waals surface area contributed by atoms with E-state index in [2.05, 4.69) is 11.6 Å². The van der Waals surface area contributed by atoms with Gasteiger partial charge in [0.15, 0.2) is 0 Å². The molecule has 27 heavy (non-hydrogen) atoms. The van der Waals surface area contributed by atoms with E-state index in [1.807, 2.05) is 37.3 Å². The number of allylic oxidation sites excluding steroid dienone is 1.